The molecule has 2 saturated carbocycles. The molecule has 2 aliphatic carbocycles. The van der Waals surface area contributed by atoms with Crippen LogP contribution >= 0.6 is 0 Å². The lowest BCUT2D eigenvalue weighted by molar-refractivity contribution is -0.139. The van der Waals surface area contributed by atoms with Crippen molar-refractivity contribution in [3.05, 3.63) is 48.1 Å². The lowest BCUT2D eigenvalue weighted by Gasteiger charge is -2.03. The van der Waals surface area contributed by atoms with E-state index in [4.69, 9.17) is 5.11 Å². The summed E-state index contributed by atoms with van der Waals surface area (Å²) >= 11 is 0. The Kier molecular flexibility index (Phi) is 13.7. The highest BCUT2D eigenvalue weighted by Gasteiger charge is 2.60. The Bertz CT molecular complexity index is 657. The van der Waals surface area contributed by atoms with Crippen molar-refractivity contribution in [2.45, 2.75) is 26.4 Å². The predicted molar refractivity (Wildman–Crippen MR) is 106 cm³/mol. The highest BCUT2D eigenvalue weighted by atomic mass is 19.1. The summed E-state index contributed by atoms with van der Waals surface area (Å²) < 4.78 is 33.4. The minimum atomic E-state index is -0.681. The van der Waals surface area contributed by atoms with Crippen molar-refractivity contribution in [2.75, 3.05) is 13.7 Å². The summed E-state index contributed by atoms with van der Waals surface area (Å²) in [5.41, 5.74) is 4.79. The molecule has 0 amide bonds. The molecule has 1 aromatic carbocycles. The number of halogens is 2. The first-order valence-corrected chi connectivity index (χ1v) is 9.32. The van der Waals surface area contributed by atoms with Crippen molar-refractivity contribution < 1.29 is 37.7 Å². The van der Waals surface area contributed by atoms with Crippen LogP contribution in [0.25, 0.3) is 0 Å². The number of nitrogens with two attached hydrogens (primary N) is 1. The molecule has 3 rings (SSSR count). The SMILES string of the molecule is C=CCOC=O.CC1CCC2C(C(=O)O)C12.CN.O=COCc1cc(F)cc(F)c1. The normalized spacial score (nSPS) is 22.2. The Hall–Kier alpha value is -2.81. The maximum atomic E-state index is 12.5. The number of fused-ring (bicyclic) bond motifs is 1. The second-order valence-corrected chi connectivity index (χ2v) is 6.56. The van der Waals surface area contributed by atoms with E-state index in [0.717, 1.165) is 24.6 Å². The van der Waals surface area contributed by atoms with E-state index in [1.807, 2.05) is 0 Å². The van der Waals surface area contributed by atoms with Crippen LogP contribution in [-0.2, 0) is 30.5 Å². The zero-order valence-corrected chi connectivity index (χ0v) is 17.1. The molecule has 0 bridgehead atoms. The van der Waals surface area contributed by atoms with Crippen molar-refractivity contribution >= 4 is 18.9 Å². The fourth-order valence-corrected chi connectivity index (χ4v) is 3.48. The highest BCUT2D eigenvalue weighted by molar-refractivity contribution is 5.74. The molecule has 2 fully saturated rings. The third kappa shape index (κ3) is 9.60. The molecule has 7 nitrogen and oxygen atoms in total. The number of carbonyl (C=O) groups excluding carboxylic acids is 2. The molecular formula is C21H29F2NO6. The second-order valence-electron chi connectivity index (χ2n) is 6.56. The third-order valence-corrected chi connectivity index (χ3v) is 4.65. The van der Waals surface area contributed by atoms with Crippen LogP contribution in [0.3, 0.4) is 0 Å². The number of ether oxygens (including phenoxy) is 2. The largest absolute Gasteiger partial charge is 0.481 e. The molecular weight excluding hydrogens is 400 g/mol. The maximum Gasteiger partial charge on any atom is 0.307 e. The van der Waals surface area contributed by atoms with Crippen LogP contribution in [-0.4, -0.2) is 37.7 Å². The van der Waals surface area contributed by atoms with Gasteiger partial charge in [0, 0.05) is 6.07 Å². The van der Waals surface area contributed by atoms with Crippen LogP contribution in [0.5, 0.6) is 0 Å². The molecule has 3 N–H and O–H groups in total. The number of hydrogen-bond acceptors (Lipinski definition) is 6. The van der Waals surface area contributed by atoms with Crippen molar-refractivity contribution in [3.8, 4) is 0 Å². The quantitative estimate of drug-likeness (QED) is 0.389. The van der Waals surface area contributed by atoms with E-state index in [9.17, 15) is 23.2 Å². The van der Waals surface area contributed by atoms with E-state index in [1.54, 1.807) is 0 Å². The first-order valence-electron chi connectivity index (χ1n) is 9.32. The number of carboxylic acid groups (broad SMARTS) is 1. The Balaban J connectivity index is 0.000000424. The van der Waals surface area contributed by atoms with Gasteiger partial charge in [-0.1, -0.05) is 26.0 Å². The molecule has 4 atom stereocenters. The maximum absolute atomic E-state index is 12.5. The van der Waals surface area contributed by atoms with E-state index in [1.165, 1.54) is 19.5 Å². The molecule has 1 aromatic rings. The van der Waals surface area contributed by atoms with Crippen molar-refractivity contribution in [2.24, 2.45) is 29.4 Å². The van der Waals surface area contributed by atoms with Crippen LogP contribution in [0.1, 0.15) is 25.3 Å². The molecule has 30 heavy (non-hydrogen) atoms. The van der Waals surface area contributed by atoms with Crippen LogP contribution in [0, 0.1) is 35.3 Å². The number of rotatable bonds is 7. The van der Waals surface area contributed by atoms with Crippen molar-refractivity contribution in [1.29, 1.82) is 0 Å². The monoisotopic (exact) mass is 429 g/mol. The lowest BCUT2D eigenvalue weighted by Crippen LogP contribution is -2.06. The average Bonchev–Trinajstić information content (AvgIpc) is 3.35. The molecule has 4 unspecified atom stereocenters. The van der Waals surface area contributed by atoms with Gasteiger partial charge >= 0.3 is 5.97 Å². The Morgan fingerprint density at radius 2 is 1.73 bits per heavy atom. The molecule has 0 radical (unpaired) electrons. The third-order valence-electron chi connectivity index (χ3n) is 4.65. The van der Waals surface area contributed by atoms with Crippen LogP contribution in [0.2, 0.25) is 0 Å². The van der Waals surface area contributed by atoms with Crippen LogP contribution in [0.4, 0.5) is 8.78 Å². The molecule has 0 heterocycles. The summed E-state index contributed by atoms with van der Waals surface area (Å²) in [4.78, 5) is 29.6. The number of hydrogen-bond donors (Lipinski definition) is 2. The van der Waals surface area contributed by atoms with Gasteiger partial charge in [0.25, 0.3) is 12.9 Å². The van der Waals surface area contributed by atoms with Crippen molar-refractivity contribution in [3.63, 3.8) is 0 Å². The zero-order valence-electron chi connectivity index (χ0n) is 17.1. The molecule has 0 aromatic heterocycles. The Morgan fingerprint density at radius 1 is 1.17 bits per heavy atom. The Labute approximate surface area is 174 Å². The smallest absolute Gasteiger partial charge is 0.307 e. The zero-order chi connectivity index (χ0) is 23.1. The van der Waals surface area contributed by atoms with Gasteiger partial charge in [0.2, 0.25) is 0 Å². The van der Waals surface area contributed by atoms with Gasteiger partial charge in [-0.3, -0.25) is 14.4 Å². The predicted octanol–water partition coefficient (Wildman–Crippen LogP) is 2.92. The Morgan fingerprint density at radius 3 is 2.07 bits per heavy atom. The van der Waals surface area contributed by atoms with Gasteiger partial charge < -0.3 is 20.3 Å². The number of benzene rings is 1. The number of carboxylic acids is 1. The summed E-state index contributed by atoms with van der Waals surface area (Å²) in [6, 6.07) is 2.96. The van der Waals surface area contributed by atoms with Gasteiger partial charge in [-0.05, 0) is 48.9 Å². The fraction of sp³-hybridized carbons (Fsp3) is 0.476. The average molecular weight is 429 g/mol. The standard InChI is InChI=1S/C8H6F2O2.C8H12O2.C4H6O2.CH5N/c9-7-1-6(4-12-5-11)2-8(10)3-7;1-4-2-3-5-6(4)7(5)8(9)10;1-2-3-6-4-5;1-2/h1-3,5H,4H2;4-7H,2-3H2,1H3,(H,9,10);2,4H,1,3H2;2H2,1H3. The summed E-state index contributed by atoms with van der Waals surface area (Å²) in [6.07, 6.45) is 3.91. The van der Waals surface area contributed by atoms with Crippen LogP contribution in [0.15, 0.2) is 30.9 Å². The minimum Gasteiger partial charge on any atom is -0.481 e. The molecule has 168 valence electrons. The van der Waals surface area contributed by atoms with E-state index in [2.05, 4.69) is 28.7 Å². The highest BCUT2D eigenvalue weighted by Crippen LogP contribution is 2.60. The topological polar surface area (TPSA) is 116 Å². The fourth-order valence-electron chi connectivity index (χ4n) is 3.48. The van der Waals surface area contributed by atoms with Gasteiger partial charge in [-0.2, -0.15) is 0 Å². The molecule has 2 aliphatic rings. The molecule has 0 spiro atoms. The van der Waals surface area contributed by atoms with Gasteiger partial charge in [0.1, 0.15) is 24.8 Å². The lowest BCUT2D eigenvalue weighted by atomic mass is 10.0. The van der Waals surface area contributed by atoms with Gasteiger partial charge in [-0.25, -0.2) is 8.78 Å². The van der Waals surface area contributed by atoms with E-state index in [0.29, 0.717) is 36.4 Å². The summed E-state index contributed by atoms with van der Waals surface area (Å²) in [5, 5.41) is 8.68. The number of aliphatic carboxylic acids is 1. The molecule has 0 aliphatic heterocycles. The summed E-state index contributed by atoms with van der Waals surface area (Å²) in [5.74, 6) is -0.139. The van der Waals surface area contributed by atoms with Gasteiger partial charge in [0.05, 0.1) is 5.92 Å². The first-order chi connectivity index (χ1) is 14.3. The van der Waals surface area contributed by atoms with Crippen LogP contribution < -0.4 is 5.73 Å². The minimum absolute atomic E-state index is 0.0312. The molecule has 9 heteroatoms. The van der Waals surface area contributed by atoms with E-state index >= 15 is 0 Å². The van der Waals surface area contributed by atoms with E-state index in [-0.39, 0.29) is 19.0 Å². The van der Waals surface area contributed by atoms with Gasteiger partial charge in [-0.15, -0.1) is 0 Å². The second kappa shape index (κ2) is 15.1. The molecule has 0 saturated heterocycles. The first kappa shape index (κ1) is 27.2. The van der Waals surface area contributed by atoms with E-state index < -0.39 is 17.6 Å². The number of carbonyl (C=O) groups is 3. The summed E-state index contributed by atoms with van der Waals surface area (Å²) in [6.45, 7) is 6.30. The summed E-state index contributed by atoms with van der Waals surface area (Å²) in [7, 11) is 1.50. The van der Waals surface area contributed by atoms with Gasteiger partial charge in [0.15, 0.2) is 0 Å². The van der Waals surface area contributed by atoms with Crippen molar-refractivity contribution in [1.82, 2.24) is 0 Å².